The van der Waals surface area contributed by atoms with Crippen LogP contribution in [-0.4, -0.2) is 25.7 Å². The lowest BCUT2D eigenvalue weighted by Gasteiger charge is -2.01. The first kappa shape index (κ1) is 12.0. The molecule has 0 saturated heterocycles. The van der Waals surface area contributed by atoms with Crippen LogP contribution in [0.2, 0.25) is 0 Å². The maximum absolute atomic E-state index is 11.5. The summed E-state index contributed by atoms with van der Waals surface area (Å²) in [5.74, 6) is -0.268. The van der Waals surface area contributed by atoms with Crippen molar-refractivity contribution in [3.05, 3.63) is 60.6 Å². The normalized spacial score (nSPS) is 10.4. The van der Waals surface area contributed by atoms with Crippen molar-refractivity contribution in [3.8, 4) is 17.2 Å². The Morgan fingerprint density at radius 1 is 1.05 bits per heavy atom. The van der Waals surface area contributed by atoms with Crippen molar-refractivity contribution in [2.45, 2.75) is 0 Å². The van der Waals surface area contributed by atoms with Crippen LogP contribution in [0, 0.1) is 0 Å². The molecule has 0 aliphatic rings. The summed E-state index contributed by atoms with van der Waals surface area (Å²) in [7, 11) is 0. The van der Waals surface area contributed by atoms with Gasteiger partial charge in [0.2, 0.25) is 0 Å². The molecule has 1 aromatic carbocycles. The molecule has 0 aliphatic carbocycles. The Morgan fingerprint density at radius 2 is 1.75 bits per heavy atom. The molecule has 3 rings (SSSR count). The molecule has 0 unspecified atom stereocenters. The molecule has 98 valence electrons. The first-order valence-corrected chi connectivity index (χ1v) is 5.98. The summed E-state index contributed by atoms with van der Waals surface area (Å²) < 4.78 is 1.35. The van der Waals surface area contributed by atoms with Gasteiger partial charge in [-0.15, -0.1) is 0 Å². The van der Waals surface area contributed by atoms with Crippen LogP contribution in [0.3, 0.4) is 0 Å². The topological polar surface area (TPSA) is 86.7 Å². The number of carbonyl (C=O) groups excluding carboxylic acids is 1. The highest BCUT2D eigenvalue weighted by atomic mass is 16.1. The number of rotatable bonds is 3. The average Bonchev–Trinajstić information content (AvgIpc) is 2.94. The van der Waals surface area contributed by atoms with Gasteiger partial charge in [0.05, 0.1) is 5.69 Å². The highest BCUT2D eigenvalue weighted by Gasteiger charge is 2.16. The van der Waals surface area contributed by atoms with E-state index in [9.17, 15) is 4.79 Å². The van der Waals surface area contributed by atoms with Crippen LogP contribution in [0.25, 0.3) is 17.2 Å². The van der Waals surface area contributed by atoms with Crippen LogP contribution >= 0.6 is 0 Å². The molecule has 2 aromatic heterocycles. The number of carbonyl (C=O) groups is 1. The van der Waals surface area contributed by atoms with E-state index in [1.165, 1.54) is 4.68 Å². The van der Waals surface area contributed by atoms with Crippen LogP contribution in [0.1, 0.15) is 10.5 Å². The van der Waals surface area contributed by atoms with E-state index in [-0.39, 0.29) is 5.69 Å². The SMILES string of the molecule is NC(=O)c1cc(-c2ccccc2)nn1-c1ncccn1. The van der Waals surface area contributed by atoms with Gasteiger partial charge in [0, 0.05) is 18.0 Å². The largest absolute Gasteiger partial charge is 0.364 e. The standard InChI is InChI=1S/C14H11N5O/c15-13(20)12-9-11(10-5-2-1-3-6-10)18-19(12)14-16-7-4-8-17-14/h1-9H,(H2,15,20). The maximum Gasteiger partial charge on any atom is 0.267 e. The lowest BCUT2D eigenvalue weighted by Crippen LogP contribution is -2.17. The van der Waals surface area contributed by atoms with Gasteiger partial charge >= 0.3 is 0 Å². The van der Waals surface area contributed by atoms with Gasteiger partial charge in [-0.25, -0.2) is 9.97 Å². The van der Waals surface area contributed by atoms with Gasteiger partial charge in [-0.2, -0.15) is 9.78 Å². The summed E-state index contributed by atoms with van der Waals surface area (Å²) in [6.45, 7) is 0. The quantitative estimate of drug-likeness (QED) is 0.776. The third kappa shape index (κ3) is 2.14. The molecule has 0 saturated carbocycles. The average molecular weight is 265 g/mol. The smallest absolute Gasteiger partial charge is 0.267 e. The molecule has 2 N–H and O–H groups in total. The van der Waals surface area contributed by atoms with Crippen LogP contribution in [0.15, 0.2) is 54.9 Å². The molecule has 3 aromatic rings. The minimum atomic E-state index is -0.577. The Balaban J connectivity index is 2.15. The molecular weight excluding hydrogens is 254 g/mol. The first-order valence-electron chi connectivity index (χ1n) is 5.98. The Bertz CT molecular complexity index is 737. The van der Waals surface area contributed by atoms with Gasteiger partial charge in [-0.1, -0.05) is 30.3 Å². The van der Waals surface area contributed by atoms with Gasteiger partial charge in [0.25, 0.3) is 11.9 Å². The number of nitrogens with zero attached hydrogens (tertiary/aromatic N) is 4. The van der Waals surface area contributed by atoms with E-state index in [0.717, 1.165) is 5.56 Å². The van der Waals surface area contributed by atoms with Crippen molar-refractivity contribution >= 4 is 5.91 Å². The summed E-state index contributed by atoms with van der Waals surface area (Å²) in [5, 5.41) is 4.36. The molecular formula is C14H11N5O. The lowest BCUT2D eigenvalue weighted by molar-refractivity contribution is 0.0992. The van der Waals surface area contributed by atoms with E-state index in [4.69, 9.17) is 5.73 Å². The molecule has 0 aliphatic heterocycles. The molecule has 0 bridgehead atoms. The number of primary amides is 1. The van der Waals surface area contributed by atoms with E-state index in [2.05, 4.69) is 15.1 Å². The Labute approximate surface area is 114 Å². The van der Waals surface area contributed by atoms with Gasteiger partial charge < -0.3 is 5.73 Å². The third-order valence-electron chi connectivity index (χ3n) is 2.77. The molecule has 0 atom stereocenters. The second kappa shape index (κ2) is 4.93. The van der Waals surface area contributed by atoms with Crippen molar-refractivity contribution < 1.29 is 4.79 Å². The van der Waals surface area contributed by atoms with Gasteiger partial charge in [-0.3, -0.25) is 4.79 Å². The predicted octanol–water partition coefficient (Wildman–Crippen LogP) is 1.43. The number of amides is 1. The Morgan fingerprint density at radius 3 is 2.40 bits per heavy atom. The van der Waals surface area contributed by atoms with E-state index in [1.807, 2.05) is 30.3 Å². The van der Waals surface area contributed by atoms with Gasteiger partial charge in [-0.05, 0) is 12.1 Å². The van der Waals surface area contributed by atoms with E-state index < -0.39 is 5.91 Å². The number of aromatic nitrogens is 4. The van der Waals surface area contributed by atoms with Gasteiger partial charge in [0.1, 0.15) is 5.69 Å². The summed E-state index contributed by atoms with van der Waals surface area (Å²) in [5.41, 5.74) is 7.17. The van der Waals surface area contributed by atoms with Crippen LogP contribution in [0.5, 0.6) is 0 Å². The molecule has 0 fully saturated rings. The van der Waals surface area contributed by atoms with Crippen molar-refractivity contribution in [1.82, 2.24) is 19.7 Å². The highest BCUT2D eigenvalue weighted by molar-refractivity contribution is 5.92. The van der Waals surface area contributed by atoms with Crippen molar-refractivity contribution in [2.75, 3.05) is 0 Å². The monoisotopic (exact) mass is 265 g/mol. The van der Waals surface area contributed by atoms with Crippen LogP contribution < -0.4 is 5.73 Å². The number of nitrogens with two attached hydrogens (primary N) is 1. The third-order valence-corrected chi connectivity index (χ3v) is 2.77. The van der Waals surface area contributed by atoms with E-state index in [1.54, 1.807) is 24.5 Å². The zero-order chi connectivity index (χ0) is 13.9. The van der Waals surface area contributed by atoms with Crippen molar-refractivity contribution in [2.24, 2.45) is 5.73 Å². The Hall–Kier alpha value is -3.02. The van der Waals surface area contributed by atoms with Crippen molar-refractivity contribution in [3.63, 3.8) is 0 Å². The lowest BCUT2D eigenvalue weighted by atomic mass is 10.1. The predicted molar refractivity (Wildman–Crippen MR) is 73.1 cm³/mol. The fraction of sp³-hybridized carbons (Fsp3) is 0. The zero-order valence-corrected chi connectivity index (χ0v) is 10.5. The minimum absolute atomic E-state index is 0.245. The number of hydrogen-bond donors (Lipinski definition) is 1. The molecule has 6 heteroatoms. The molecule has 2 heterocycles. The number of benzene rings is 1. The number of hydrogen-bond acceptors (Lipinski definition) is 4. The molecule has 0 radical (unpaired) electrons. The van der Waals surface area contributed by atoms with Crippen molar-refractivity contribution in [1.29, 1.82) is 0 Å². The summed E-state index contributed by atoms with van der Waals surface area (Å²) >= 11 is 0. The summed E-state index contributed by atoms with van der Waals surface area (Å²) in [6, 6.07) is 12.8. The zero-order valence-electron chi connectivity index (χ0n) is 10.5. The second-order valence-electron chi connectivity index (χ2n) is 4.11. The second-order valence-corrected chi connectivity index (χ2v) is 4.11. The van der Waals surface area contributed by atoms with E-state index in [0.29, 0.717) is 11.6 Å². The summed E-state index contributed by atoms with van der Waals surface area (Å²) in [6.07, 6.45) is 3.16. The highest BCUT2D eigenvalue weighted by Crippen LogP contribution is 2.19. The molecule has 6 nitrogen and oxygen atoms in total. The molecule has 0 spiro atoms. The molecule has 1 amide bonds. The maximum atomic E-state index is 11.5. The molecule has 20 heavy (non-hydrogen) atoms. The summed E-state index contributed by atoms with van der Waals surface area (Å²) in [4.78, 5) is 19.7. The van der Waals surface area contributed by atoms with E-state index >= 15 is 0 Å². The van der Waals surface area contributed by atoms with Crippen LogP contribution in [-0.2, 0) is 0 Å². The van der Waals surface area contributed by atoms with Crippen LogP contribution in [0.4, 0.5) is 0 Å². The Kier molecular flexibility index (Phi) is 2.96. The fourth-order valence-corrected chi connectivity index (χ4v) is 1.86. The fourth-order valence-electron chi connectivity index (χ4n) is 1.86. The minimum Gasteiger partial charge on any atom is -0.364 e. The van der Waals surface area contributed by atoms with Gasteiger partial charge in [0.15, 0.2) is 0 Å². The first-order chi connectivity index (χ1) is 9.75.